The Labute approximate surface area is 154 Å². The number of nitrogens with two attached hydrogens (primary N) is 1. The van der Waals surface area contributed by atoms with Crippen molar-refractivity contribution in [1.29, 1.82) is 0 Å². The van der Waals surface area contributed by atoms with Crippen LogP contribution in [0.4, 0.5) is 5.69 Å². The molecule has 2 unspecified atom stereocenters. The van der Waals surface area contributed by atoms with E-state index in [9.17, 15) is 4.79 Å². The van der Waals surface area contributed by atoms with Crippen molar-refractivity contribution < 1.29 is 14.3 Å². The second-order valence-corrected chi connectivity index (χ2v) is 6.72. The highest BCUT2D eigenvalue weighted by Gasteiger charge is 2.24. The fraction of sp³-hybridized carbons (Fsp3) is 0.381. The lowest BCUT2D eigenvalue weighted by Crippen LogP contribution is -2.38. The minimum absolute atomic E-state index is 0.0229. The van der Waals surface area contributed by atoms with Gasteiger partial charge >= 0.3 is 0 Å². The number of benzene rings is 2. The summed E-state index contributed by atoms with van der Waals surface area (Å²) in [7, 11) is 1.63. The molecule has 5 heteroatoms. The van der Waals surface area contributed by atoms with Gasteiger partial charge in [-0.15, -0.1) is 0 Å². The maximum Gasteiger partial charge on any atom is 0.249 e. The summed E-state index contributed by atoms with van der Waals surface area (Å²) in [6, 6.07) is 13.6. The largest absolute Gasteiger partial charge is 0.497 e. The predicted octanol–water partition coefficient (Wildman–Crippen LogP) is 3.38. The number of rotatable bonds is 6. The van der Waals surface area contributed by atoms with E-state index in [0.717, 1.165) is 36.3 Å². The average molecular weight is 354 g/mol. The summed E-state index contributed by atoms with van der Waals surface area (Å²) in [6.07, 6.45) is 2.46. The molecule has 5 nitrogen and oxygen atoms in total. The van der Waals surface area contributed by atoms with Gasteiger partial charge in [0.25, 0.3) is 0 Å². The van der Waals surface area contributed by atoms with Gasteiger partial charge < -0.3 is 20.5 Å². The zero-order valence-corrected chi connectivity index (χ0v) is 15.3. The van der Waals surface area contributed by atoms with Gasteiger partial charge in [-0.1, -0.05) is 18.2 Å². The van der Waals surface area contributed by atoms with Gasteiger partial charge in [-0.3, -0.25) is 4.79 Å². The number of hydrogen-bond donors (Lipinski definition) is 2. The SMILES string of the molecule is COc1cccc(COC(C)C(=O)NC2CCCc3cc(N)ccc32)c1. The van der Waals surface area contributed by atoms with Crippen LogP contribution in [0.15, 0.2) is 42.5 Å². The molecule has 0 aliphatic heterocycles. The number of carbonyl (C=O) groups excluding carboxylic acids is 1. The standard InChI is InChI=1S/C21H26N2O3/c1-14(26-13-15-5-3-7-18(11-15)25-2)21(24)23-20-8-4-6-16-12-17(22)9-10-19(16)20/h3,5,7,9-12,14,20H,4,6,8,13,22H2,1-2H3,(H,23,24). The molecule has 3 rings (SSSR count). The van der Waals surface area contributed by atoms with Crippen molar-refractivity contribution in [2.75, 3.05) is 12.8 Å². The number of nitrogens with one attached hydrogen (secondary N) is 1. The molecule has 0 spiro atoms. The van der Waals surface area contributed by atoms with Gasteiger partial charge in [0.2, 0.25) is 5.91 Å². The molecule has 1 amide bonds. The molecule has 0 bridgehead atoms. The topological polar surface area (TPSA) is 73.6 Å². The van der Waals surface area contributed by atoms with E-state index in [1.165, 1.54) is 11.1 Å². The maximum atomic E-state index is 12.5. The zero-order chi connectivity index (χ0) is 18.5. The number of hydrogen-bond acceptors (Lipinski definition) is 4. The molecule has 0 saturated heterocycles. The number of methoxy groups -OCH3 is 1. The quantitative estimate of drug-likeness (QED) is 0.780. The van der Waals surface area contributed by atoms with Gasteiger partial charge in [0.1, 0.15) is 11.9 Å². The molecule has 138 valence electrons. The van der Waals surface area contributed by atoms with Crippen LogP contribution in [0.5, 0.6) is 5.75 Å². The van der Waals surface area contributed by atoms with E-state index in [0.29, 0.717) is 6.61 Å². The molecule has 2 aromatic carbocycles. The van der Waals surface area contributed by atoms with Crippen molar-refractivity contribution >= 4 is 11.6 Å². The van der Waals surface area contributed by atoms with Crippen molar-refractivity contribution in [3.8, 4) is 5.75 Å². The van der Waals surface area contributed by atoms with Crippen LogP contribution in [-0.2, 0) is 22.6 Å². The highest BCUT2D eigenvalue weighted by Crippen LogP contribution is 2.31. The second kappa shape index (κ2) is 8.23. The first kappa shape index (κ1) is 18.3. The van der Waals surface area contributed by atoms with E-state index in [1.54, 1.807) is 14.0 Å². The number of fused-ring (bicyclic) bond motifs is 1. The number of anilines is 1. The zero-order valence-electron chi connectivity index (χ0n) is 15.3. The summed E-state index contributed by atoms with van der Waals surface area (Å²) in [5.74, 6) is 0.684. The Kier molecular flexibility index (Phi) is 5.78. The Morgan fingerprint density at radius 3 is 2.96 bits per heavy atom. The second-order valence-electron chi connectivity index (χ2n) is 6.72. The Morgan fingerprint density at radius 1 is 1.31 bits per heavy atom. The minimum atomic E-state index is -0.527. The molecule has 2 aromatic rings. The average Bonchev–Trinajstić information content (AvgIpc) is 2.66. The van der Waals surface area contributed by atoms with Gasteiger partial charge in [-0.05, 0) is 67.1 Å². The molecular weight excluding hydrogens is 328 g/mol. The predicted molar refractivity (Wildman–Crippen MR) is 102 cm³/mol. The van der Waals surface area contributed by atoms with Crippen molar-refractivity contribution in [2.24, 2.45) is 0 Å². The van der Waals surface area contributed by atoms with Gasteiger partial charge in [0, 0.05) is 5.69 Å². The lowest BCUT2D eigenvalue weighted by molar-refractivity contribution is -0.133. The van der Waals surface area contributed by atoms with Crippen LogP contribution < -0.4 is 15.8 Å². The number of ether oxygens (including phenoxy) is 2. The Hall–Kier alpha value is -2.53. The molecule has 26 heavy (non-hydrogen) atoms. The van der Waals surface area contributed by atoms with Gasteiger partial charge in [-0.2, -0.15) is 0 Å². The van der Waals surface area contributed by atoms with Crippen LogP contribution in [-0.4, -0.2) is 19.1 Å². The monoisotopic (exact) mass is 354 g/mol. The van der Waals surface area contributed by atoms with Crippen molar-refractivity contribution in [3.05, 3.63) is 59.2 Å². The number of amides is 1. The molecule has 1 aliphatic carbocycles. The van der Waals surface area contributed by atoms with E-state index in [1.807, 2.05) is 42.5 Å². The van der Waals surface area contributed by atoms with E-state index < -0.39 is 6.10 Å². The number of aryl methyl sites for hydroxylation is 1. The first-order chi connectivity index (χ1) is 12.6. The molecule has 1 aliphatic rings. The van der Waals surface area contributed by atoms with E-state index >= 15 is 0 Å². The van der Waals surface area contributed by atoms with Gasteiger partial charge in [-0.25, -0.2) is 0 Å². The summed E-state index contributed by atoms with van der Waals surface area (Å²) in [5.41, 5.74) is 10.0. The summed E-state index contributed by atoms with van der Waals surface area (Å²) < 4.78 is 11.0. The van der Waals surface area contributed by atoms with Crippen LogP contribution in [0.25, 0.3) is 0 Å². The van der Waals surface area contributed by atoms with Crippen LogP contribution in [0.1, 0.15) is 42.5 Å². The highest BCUT2D eigenvalue weighted by atomic mass is 16.5. The summed E-state index contributed by atoms with van der Waals surface area (Å²) in [4.78, 5) is 12.5. The molecule has 0 heterocycles. The lowest BCUT2D eigenvalue weighted by Gasteiger charge is -2.27. The summed E-state index contributed by atoms with van der Waals surface area (Å²) in [5, 5.41) is 3.12. The molecule has 0 saturated carbocycles. The Balaban J connectivity index is 1.58. The molecule has 3 N–H and O–H groups in total. The van der Waals surface area contributed by atoms with Crippen LogP contribution in [0, 0.1) is 0 Å². The van der Waals surface area contributed by atoms with Crippen LogP contribution in [0.2, 0.25) is 0 Å². The smallest absolute Gasteiger partial charge is 0.249 e. The third-order valence-corrected chi connectivity index (χ3v) is 4.80. The fourth-order valence-corrected chi connectivity index (χ4v) is 3.33. The van der Waals surface area contributed by atoms with Crippen molar-refractivity contribution in [3.63, 3.8) is 0 Å². The molecule has 0 fully saturated rings. The minimum Gasteiger partial charge on any atom is -0.497 e. The highest BCUT2D eigenvalue weighted by molar-refractivity contribution is 5.81. The third-order valence-electron chi connectivity index (χ3n) is 4.80. The first-order valence-electron chi connectivity index (χ1n) is 9.00. The Morgan fingerprint density at radius 2 is 2.15 bits per heavy atom. The van der Waals surface area contributed by atoms with Crippen LogP contribution in [0.3, 0.4) is 0 Å². The molecular formula is C21H26N2O3. The molecule has 0 aromatic heterocycles. The summed E-state index contributed by atoms with van der Waals surface area (Å²) >= 11 is 0. The van der Waals surface area contributed by atoms with E-state index in [4.69, 9.17) is 15.2 Å². The Bertz CT molecular complexity index is 776. The normalized spacial score (nSPS) is 17.2. The first-order valence-corrected chi connectivity index (χ1v) is 9.00. The number of nitrogen functional groups attached to an aromatic ring is 1. The van der Waals surface area contributed by atoms with E-state index in [2.05, 4.69) is 5.32 Å². The molecule has 2 atom stereocenters. The van der Waals surface area contributed by atoms with Crippen LogP contribution >= 0.6 is 0 Å². The van der Waals surface area contributed by atoms with Gasteiger partial charge in [0.15, 0.2) is 0 Å². The lowest BCUT2D eigenvalue weighted by atomic mass is 9.87. The van der Waals surface area contributed by atoms with Gasteiger partial charge in [0.05, 0.1) is 19.8 Å². The third kappa shape index (κ3) is 4.35. The maximum absolute atomic E-state index is 12.5. The van der Waals surface area contributed by atoms with Crippen molar-refractivity contribution in [1.82, 2.24) is 5.32 Å². The summed E-state index contributed by atoms with van der Waals surface area (Å²) in [6.45, 7) is 2.14. The van der Waals surface area contributed by atoms with E-state index in [-0.39, 0.29) is 11.9 Å². The van der Waals surface area contributed by atoms with Crippen molar-refractivity contribution in [2.45, 2.75) is 44.9 Å². The fourth-order valence-electron chi connectivity index (χ4n) is 3.33. The number of carbonyl (C=O) groups is 1. The molecule has 0 radical (unpaired) electrons.